The molecule has 0 aliphatic carbocycles. The van der Waals surface area contributed by atoms with Crippen molar-refractivity contribution in [3.8, 4) is 17.2 Å². The van der Waals surface area contributed by atoms with Crippen molar-refractivity contribution in [2.75, 3.05) is 26.1 Å². The SMILES string of the molecule is COc1ccc(NC(=O)CN2C(=O)S/C(=C/c3ccc(OCc4cccc([N+](=O)[O-])c4)c(OC)c3)C2=O)cc1Cl. The van der Waals surface area contributed by atoms with Crippen LogP contribution < -0.4 is 19.5 Å². The Morgan fingerprint density at radius 1 is 1.05 bits per heavy atom. The maximum atomic E-state index is 12.9. The summed E-state index contributed by atoms with van der Waals surface area (Å²) in [6, 6.07) is 15.7. The highest BCUT2D eigenvalue weighted by Crippen LogP contribution is 2.35. The largest absolute Gasteiger partial charge is 0.495 e. The van der Waals surface area contributed by atoms with Gasteiger partial charge in [0.2, 0.25) is 5.91 Å². The number of hydrogen-bond acceptors (Lipinski definition) is 9. The number of amides is 3. The number of nitrogens with one attached hydrogen (secondary N) is 1. The summed E-state index contributed by atoms with van der Waals surface area (Å²) in [5, 5.41) is 13.3. The average Bonchev–Trinajstić information content (AvgIpc) is 3.19. The number of carbonyl (C=O) groups is 3. The van der Waals surface area contributed by atoms with Crippen molar-refractivity contribution in [2.45, 2.75) is 6.61 Å². The Balaban J connectivity index is 1.42. The van der Waals surface area contributed by atoms with Crippen LogP contribution in [0.1, 0.15) is 11.1 Å². The van der Waals surface area contributed by atoms with Gasteiger partial charge in [0.1, 0.15) is 18.9 Å². The molecule has 1 N–H and O–H groups in total. The number of nitro groups is 1. The first-order valence-electron chi connectivity index (χ1n) is 11.6. The summed E-state index contributed by atoms with van der Waals surface area (Å²) in [7, 11) is 2.91. The minimum atomic E-state index is -0.608. The number of methoxy groups -OCH3 is 2. The van der Waals surface area contributed by atoms with Gasteiger partial charge in [-0.1, -0.05) is 29.8 Å². The Morgan fingerprint density at radius 2 is 1.80 bits per heavy atom. The van der Waals surface area contributed by atoms with E-state index in [0.29, 0.717) is 50.8 Å². The van der Waals surface area contributed by atoms with Crippen molar-refractivity contribution in [2.24, 2.45) is 0 Å². The van der Waals surface area contributed by atoms with Crippen LogP contribution in [0.5, 0.6) is 17.2 Å². The van der Waals surface area contributed by atoms with Gasteiger partial charge in [0.05, 0.1) is 29.1 Å². The number of carbonyl (C=O) groups excluding carboxylic acids is 3. The molecule has 3 amide bonds. The van der Waals surface area contributed by atoms with E-state index in [4.69, 9.17) is 25.8 Å². The summed E-state index contributed by atoms with van der Waals surface area (Å²) in [6.45, 7) is -0.402. The first kappa shape index (κ1) is 28.5. The lowest BCUT2D eigenvalue weighted by Crippen LogP contribution is -2.36. The van der Waals surface area contributed by atoms with E-state index >= 15 is 0 Å². The molecule has 40 heavy (non-hydrogen) atoms. The minimum Gasteiger partial charge on any atom is -0.495 e. The molecule has 1 aliphatic rings. The molecule has 13 heteroatoms. The topological polar surface area (TPSA) is 137 Å². The fraction of sp³-hybridized carbons (Fsp3) is 0.148. The van der Waals surface area contributed by atoms with Crippen molar-refractivity contribution in [3.63, 3.8) is 0 Å². The molecule has 0 spiro atoms. The van der Waals surface area contributed by atoms with Crippen LogP contribution in [0.15, 0.2) is 65.6 Å². The lowest BCUT2D eigenvalue weighted by atomic mass is 10.1. The number of non-ortho nitro benzene ring substituents is 1. The molecule has 1 heterocycles. The quantitative estimate of drug-likeness (QED) is 0.186. The smallest absolute Gasteiger partial charge is 0.294 e. The van der Waals surface area contributed by atoms with E-state index in [2.05, 4.69) is 5.32 Å². The van der Waals surface area contributed by atoms with Crippen molar-refractivity contribution in [1.82, 2.24) is 4.90 Å². The van der Waals surface area contributed by atoms with Crippen LogP contribution in [0.2, 0.25) is 5.02 Å². The zero-order chi connectivity index (χ0) is 28.8. The number of anilines is 1. The second-order valence-corrected chi connectivity index (χ2v) is 9.69. The van der Waals surface area contributed by atoms with Crippen LogP contribution in [0, 0.1) is 10.1 Å². The van der Waals surface area contributed by atoms with Crippen LogP contribution in [-0.2, 0) is 16.2 Å². The highest BCUT2D eigenvalue weighted by atomic mass is 35.5. The lowest BCUT2D eigenvalue weighted by molar-refractivity contribution is -0.384. The van der Waals surface area contributed by atoms with Gasteiger partial charge in [0.25, 0.3) is 16.8 Å². The summed E-state index contributed by atoms with van der Waals surface area (Å²) in [6.07, 6.45) is 1.51. The van der Waals surface area contributed by atoms with E-state index in [-0.39, 0.29) is 17.2 Å². The number of ether oxygens (including phenoxy) is 3. The second kappa shape index (κ2) is 12.5. The summed E-state index contributed by atoms with van der Waals surface area (Å²) in [5.41, 5.74) is 1.51. The van der Waals surface area contributed by atoms with Crippen LogP contribution in [0.4, 0.5) is 16.2 Å². The van der Waals surface area contributed by atoms with Gasteiger partial charge in [-0.25, -0.2) is 0 Å². The van der Waals surface area contributed by atoms with E-state index in [9.17, 15) is 24.5 Å². The summed E-state index contributed by atoms with van der Waals surface area (Å²) in [5.74, 6) is -0.000432. The average molecular weight is 584 g/mol. The van der Waals surface area contributed by atoms with Crippen LogP contribution in [-0.4, -0.2) is 47.6 Å². The highest BCUT2D eigenvalue weighted by molar-refractivity contribution is 8.18. The maximum Gasteiger partial charge on any atom is 0.294 e. The molecule has 0 radical (unpaired) electrons. The van der Waals surface area contributed by atoms with Crippen LogP contribution in [0.25, 0.3) is 6.08 Å². The van der Waals surface area contributed by atoms with E-state index < -0.39 is 28.5 Å². The molecule has 0 unspecified atom stereocenters. The molecule has 0 bridgehead atoms. The predicted octanol–water partition coefficient (Wildman–Crippen LogP) is 5.52. The molecule has 0 saturated carbocycles. The predicted molar refractivity (Wildman–Crippen MR) is 150 cm³/mol. The fourth-order valence-electron chi connectivity index (χ4n) is 3.69. The summed E-state index contributed by atoms with van der Waals surface area (Å²) in [4.78, 5) is 49.4. The number of benzene rings is 3. The second-order valence-electron chi connectivity index (χ2n) is 8.29. The molecule has 11 nitrogen and oxygen atoms in total. The number of hydrogen-bond donors (Lipinski definition) is 1. The van der Waals surface area contributed by atoms with Gasteiger partial charge in [0.15, 0.2) is 11.5 Å². The van der Waals surface area contributed by atoms with E-state index in [1.165, 1.54) is 38.5 Å². The third-order valence-corrected chi connectivity index (χ3v) is 6.81. The fourth-order valence-corrected chi connectivity index (χ4v) is 4.79. The Labute approximate surface area is 237 Å². The summed E-state index contributed by atoms with van der Waals surface area (Å²) < 4.78 is 16.3. The minimum absolute atomic E-state index is 0.0417. The number of thioether (sulfide) groups is 1. The third-order valence-electron chi connectivity index (χ3n) is 5.61. The standard InChI is InChI=1S/C27H22ClN3O8S/c1-37-21-9-7-18(13-20(21)28)29-25(32)14-30-26(33)24(40-27(30)34)12-16-6-8-22(23(11-16)38-2)39-15-17-4-3-5-19(10-17)31(35)36/h3-13H,14-15H2,1-2H3,(H,29,32)/b24-12+. The van der Waals surface area contributed by atoms with Crippen molar-refractivity contribution in [1.29, 1.82) is 0 Å². The molecule has 3 aromatic carbocycles. The van der Waals surface area contributed by atoms with Gasteiger partial charge in [-0.3, -0.25) is 29.4 Å². The molecular formula is C27H22ClN3O8S. The monoisotopic (exact) mass is 583 g/mol. The molecular weight excluding hydrogens is 562 g/mol. The van der Waals surface area contributed by atoms with E-state index in [1.807, 2.05) is 0 Å². The highest BCUT2D eigenvalue weighted by Gasteiger charge is 2.36. The molecule has 1 aliphatic heterocycles. The van der Waals surface area contributed by atoms with Crippen molar-refractivity contribution >= 4 is 57.9 Å². The molecule has 0 aromatic heterocycles. The molecule has 4 rings (SSSR count). The van der Waals surface area contributed by atoms with Gasteiger partial charge < -0.3 is 19.5 Å². The number of halogens is 1. The first-order chi connectivity index (χ1) is 19.2. The normalized spacial score (nSPS) is 13.9. The van der Waals surface area contributed by atoms with E-state index in [1.54, 1.807) is 42.5 Å². The Bertz CT molecular complexity index is 1530. The van der Waals surface area contributed by atoms with Gasteiger partial charge >= 0.3 is 0 Å². The van der Waals surface area contributed by atoms with Crippen molar-refractivity contribution in [3.05, 3.63) is 91.8 Å². The summed E-state index contributed by atoms with van der Waals surface area (Å²) >= 11 is 6.79. The van der Waals surface area contributed by atoms with Crippen LogP contribution >= 0.6 is 23.4 Å². The lowest BCUT2D eigenvalue weighted by Gasteiger charge is -2.13. The van der Waals surface area contributed by atoms with E-state index in [0.717, 1.165) is 4.90 Å². The van der Waals surface area contributed by atoms with Gasteiger partial charge in [-0.2, -0.15) is 0 Å². The Kier molecular flexibility index (Phi) is 8.92. The number of imide groups is 1. The van der Waals surface area contributed by atoms with Gasteiger partial charge in [0, 0.05) is 17.8 Å². The van der Waals surface area contributed by atoms with Gasteiger partial charge in [-0.15, -0.1) is 0 Å². The van der Waals surface area contributed by atoms with Crippen molar-refractivity contribution < 1.29 is 33.5 Å². The molecule has 1 saturated heterocycles. The Hall–Kier alpha value is -4.55. The molecule has 3 aromatic rings. The third kappa shape index (κ3) is 6.71. The number of nitrogens with zero attached hydrogens (tertiary/aromatic N) is 2. The van der Waals surface area contributed by atoms with Crippen LogP contribution in [0.3, 0.4) is 0 Å². The van der Waals surface area contributed by atoms with Gasteiger partial charge in [-0.05, 0) is 59.3 Å². The zero-order valence-electron chi connectivity index (χ0n) is 21.2. The number of nitro benzene ring substituents is 1. The Morgan fingerprint density at radius 3 is 2.50 bits per heavy atom. The number of rotatable bonds is 10. The maximum absolute atomic E-state index is 12.9. The molecule has 206 valence electrons. The molecule has 0 atom stereocenters. The molecule has 1 fully saturated rings. The zero-order valence-corrected chi connectivity index (χ0v) is 22.8. The first-order valence-corrected chi connectivity index (χ1v) is 12.8.